The van der Waals surface area contributed by atoms with Crippen LogP contribution in [-0.2, 0) is 19.6 Å². The molecule has 7 nitrogen and oxygen atoms in total. The standard InChI is InChI=1S/C21H20N2O5S/c24-18(15-7-2-1-3-8-15)14-28-21(25)16-9-6-12-23(13-16)20-17-10-4-5-11-19(17)29(26,27)22-20/h1-5,7-8,10-11,16H,6,9,12-14H2/t16-/m0/s1. The lowest BCUT2D eigenvalue weighted by Gasteiger charge is -2.32. The molecule has 0 spiro atoms. The van der Waals surface area contributed by atoms with Gasteiger partial charge in [-0.2, -0.15) is 8.42 Å². The molecule has 0 aliphatic carbocycles. The minimum atomic E-state index is -3.71. The molecule has 2 heterocycles. The Bertz CT molecular complexity index is 1080. The highest BCUT2D eigenvalue weighted by atomic mass is 32.2. The molecule has 2 aromatic carbocycles. The van der Waals surface area contributed by atoms with E-state index in [1.807, 2.05) is 11.0 Å². The van der Waals surface area contributed by atoms with Crippen molar-refractivity contribution in [2.24, 2.45) is 10.3 Å². The van der Waals surface area contributed by atoms with Crippen molar-refractivity contribution in [2.75, 3.05) is 19.7 Å². The van der Waals surface area contributed by atoms with E-state index in [2.05, 4.69) is 4.40 Å². The molecule has 0 aromatic heterocycles. The van der Waals surface area contributed by atoms with E-state index in [-0.39, 0.29) is 17.3 Å². The Labute approximate surface area is 169 Å². The summed E-state index contributed by atoms with van der Waals surface area (Å²) in [5.41, 5.74) is 1.05. The van der Waals surface area contributed by atoms with E-state index >= 15 is 0 Å². The maximum atomic E-state index is 12.5. The van der Waals surface area contributed by atoms with Gasteiger partial charge in [-0.25, -0.2) is 0 Å². The van der Waals surface area contributed by atoms with Crippen LogP contribution >= 0.6 is 0 Å². The predicted octanol–water partition coefficient (Wildman–Crippen LogP) is 2.27. The molecule has 2 aromatic rings. The van der Waals surface area contributed by atoms with Gasteiger partial charge in [-0.1, -0.05) is 42.5 Å². The lowest BCUT2D eigenvalue weighted by molar-refractivity contribution is -0.148. The van der Waals surface area contributed by atoms with Gasteiger partial charge in [0.2, 0.25) is 0 Å². The summed E-state index contributed by atoms with van der Waals surface area (Å²) in [5.74, 6) is -0.774. The molecule has 150 valence electrons. The number of esters is 1. The van der Waals surface area contributed by atoms with E-state index in [0.29, 0.717) is 42.9 Å². The zero-order valence-electron chi connectivity index (χ0n) is 15.7. The van der Waals surface area contributed by atoms with Crippen LogP contribution in [0.4, 0.5) is 0 Å². The second kappa shape index (κ2) is 7.79. The Morgan fingerprint density at radius 3 is 2.59 bits per heavy atom. The van der Waals surface area contributed by atoms with Crippen LogP contribution in [0.5, 0.6) is 0 Å². The van der Waals surface area contributed by atoms with E-state index < -0.39 is 21.9 Å². The first kappa shape index (κ1) is 19.3. The number of nitrogens with zero attached hydrogens (tertiary/aromatic N) is 2. The van der Waals surface area contributed by atoms with Gasteiger partial charge >= 0.3 is 5.97 Å². The first-order valence-electron chi connectivity index (χ1n) is 9.40. The van der Waals surface area contributed by atoms with E-state index in [9.17, 15) is 18.0 Å². The van der Waals surface area contributed by atoms with Gasteiger partial charge in [-0.15, -0.1) is 4.40 Å². The fraction of sp³-hybridized carbons (Fsp3) is 0.286. The number of Topliss-reactive ketones (excluding diaryl/α,β-unsaturated/α-hetero) is 1. The Morgan fingerprint density at radius 1 is 1.07 bits per heavy atom. The van der Waals surface area contributed by atoms with Gasteiger partial charge in [0.15, 0.2) is 18.2 Å². The number of hydrogen-bond donors (Lipinski definition) is 0. The molecule has 2 aliphatic rings. The Morgan fingerprint density at radius 2 is 1.79 bits per heavy atom. The molecule has 1 atom stereocenters. The Balaban J connectivity index is 1.43. The quantitative estimate of drug-likeness (QED) is 0.565. The van der Waals surface area contributed by atoms with Gasteiger partial charge in [0.05, 0.1) is 5.92 Å². The Hall–Kier alpha value is -3.00. The highest BCUT2D eigenvalue weighted by Gasteiger charge is 2.35. The average molecular weight is 412 g/mol. The molecule has 0 bridgehead atoms. The zero-order chi connectivity index (χ0) is 20.4. The number of amidine groups is 1. The fourth-order valence-electron chi connectivity index (χ4n) is 3.64. The van der Waals surface area contributed by atoms with Crippen LogP contribution in [0.1, 0.15) is 28.8 Å². The maximum absolute atomic E-state index is 12.5. The monoisotopic (exact) mass is 412 g/mol. The smallest absolute Gasteiger partial charge is 0.311 e. The average Bonchev–Trinajstić information content (AvgIpc) is 3.04. The first-order chi connectivity index (χ1) is 14.0. The second-order valence-corrected chi connectivity index (χ2v) is 8.64. The van der Waals surface area contributed by atoms with Gasteiger partial charge in [0.1, 0.15) is 4.90 Å². The maximum Gasteiger partial charge on any atom is 0.311 e. The number of carbonyl (C=O) groups excluding carboxylic acids is 2. The van der Waals surface area contributed by atoms with Gasteiger partial charge in [-0.05, 0) is 25.0 Å². The molecule has 1 saturated heterocycles. The van der Waals surface area contributed by atoms with Gasteiger partial charge in [-0.3, -0.25) is 9.59 Å². The summed E-state index contributed by atoms with van der Waals surface area (Å²) in [7, 11) is -3.71. The SMILES string of the molecule is O=C(COC(=O)[C@H]1CCCN(C2=NS(=O)(=O)c3ccccc32)C1)c1ccccc1. The number of fused-ring (bicyclic) bond motifs is 1. The number of ketones is 1. The molecule has 0 radical (unpaired) electrons. The highest BCUT2D eigenvalue weighted by molar-refractivity contribution is 7.90. The predicted molar refractivity (Wildman–Crippen MR) is 106 cm³/mol. The minimum Gasteiger partial charge on any atom is -0.457 e. The molecule has 4 rings (SSSR count). The molecule has 8 heteroatoms. The third-order valence-corrected chi connectivity index (χ3v) is 6.43. The first-order valence-corrected chi connectivity index (χ1v) is 10.8. The molecule has 1 fully saturated rings. The molecule has 29 heavy (non-hydrogen) atoms. The number of benzene rings is 2. The van der Waals surface area contributed by atoms with Crippen molar-refractivity contribution < 1.29 is 22.7 Å². The molecule has 0 unspecified atom stereocenters. The van der Waals surface area contributed by atoms with Crippen LogP contribution in [0.3, 0.4) is 0 Å². The van der Waals surface area contributed by atoms with Crippen molar-refractivity contribution in [1.29, 1.82) is 0 Å². The zero-order valence-corrected chi connectivity index (χ0v) is 16.5. The van der Waals surface area contributed by atoms with Crippen molar-refractivity contribution in [3.63, 3.8) is 0 Å². The van der Waals surface area contributed by atoms with Gasteiger partial charge < -0.3 is 9.64 Å². The minimum absolute atomic E-state index is 0.188. The molecular formula is C21H20N2O5S. The summed E-state index contributed by atoms with van der Waals surface area (Å²) in [6.07, 6.45) is 1.32. The summed E-state index contributed by atoms with van der Waals surface area (Å²) >= 11 is 0. The van der Waals surface area contributed by atoms with Crippen molar-refractivity contribution in [2.45, 2.75) is 17.7 Å². The number of carbonyl (C=O) groups is 2. The molecule has 0 saturated carbocycles. The van der Waals surface area contributed by atoms with Crippen LogP contribution in [-0.4, -0.2) is 50.6 Å². The van der Waals surface area contributed by atoms with E-state index in [1.165, 1.54) is 6.07 Å². The van der Waals surface area contributed by atoms with Crippen LogP contribution < -0.4 is 0 Å². The number of piperidine rings is 1. The van der Waals surface area contributed by atoms with E-state index in [1.54, 1.807) is 42.5 Å². The summed E-state index contributed by atoms with van der Waals surface area (Å²) in [6.45, 7) is 0.605. The van der Waals surface area contributed by atoms with E-state index in [4.69, 9.17) is 4.74 Å². The molecule has 2 aliphatic heterocycles. The highest BCUT2D eigenvalue weighted by Crippen LogP contribution is 2.30. The molecule has 0 N–H and O–H groups in total. The van der Waals surface area contributed by atoms with Gasteiger partial charge in [0, 0.05) is 24.2 Å². The number of likely N-dealkylation sites (tertiary alicyclic amines) is 1. The van der Waals surface area contributed by atoms with E-state index in [0.717, 1.165) is 0 Å². The topological polar surface area (TPSA) is 93.1 Å². The summed E-state index contributed by atoms with van der Waals surface area (Å²) in [4.78, 5) is 26.7. The number of sulfonamides is 1. The van der Waals surface area contributed by atoms with Crippen LogP contribution in [0.15, 0.2) is 63.9 Å². The van der Waals surface area contributed by atoms with Crippen molar-refractivity contribution in [1.82, 2.24) is 4.90 Å². The normalized spacial score (nSPS) is 19.9. The largest absolute Gasteiger partial charge is 0.457 e. The number of hydrogen-bond acceptors (Lipinski definition) is 6. The molecular weight excluding hydrogens is 392 g/mol. The van der Waals surface area contributed by atoms with Crippen LogP contribution in [0.25, 0.3) is 0 Å². The summed E-state index contributed by atoms with van der Waals surface area (Å²) < 4.78 is 33.8. The fourth-order valence-corrected chi connectivity index (χ4v) is 4.87. The lowest BCUT2D eigenvalue weighted by atomic mass is 9.97. The Kier molecular flexibility index (Phi) is 5.19. The summed E-state index contributed by atoms with van der Waals surface area (Å²) in [5, 5.41) is 0. The van der Waals surface area contributed by atoms with Crippen LogP contribution in [0, 0.1) is 5.92 Å². The second-order valence-electron chi connectivity index (χ2n) is 7.07. The lowest BCUT2D eigenvalue weighted by Crippen LogP contribution is -2.43. The number of rotatable bonds is 4. The van der Waals surface area contributed by atoms with Crippen molar-refractivity contribution in [3.8, 4) is 0 Å². The van der Waals surface area contributed by atoms with Crippen LogP contribution in [0.2, 0.25) is 0 Å². The van der Waals surface area contributed by atoms with Crippen molar-refractivity contribution >= 4 is 27.6 Å². The van der Waals surface area contributed by atoms with Crippen molar-refractivity contribution in [3.05, 3.63) is 65.7 Å². The molecule has 0 amide bonds. The third kappa shape index (κ3) is 3.93. The third-order valence-electron chi connectivity index (χ3n) is 5.11. The number of ether oxygens (including phenoxy) is 1. The summed E-state index contributed by atoms with van der Waals surface area (Å²) in [6, 6.07) is 15.3. The van der Waals surface area contributed by atoms with Gasteiger partial charge in [0.25, 0.3) is 10.0 Å².